The Morgan fingerprint density at radius 1 is 1.22 bits per heavy atom. The maximum atomic E-state index is 12.8. The number of aromatic nitrogens is 2. The predicted octanol–water partition coefficient (Wildman–Crippen LogP) is 2.17. The van der Waals surface area contributed by atoms with Gasteiger partial charge in [0.15, 0.2) is 5.01 Å². The van der Waals surface area contributed by atoms with Crippen LogP contribution in [0.2, 0.25) is 0 Å². The van der Waals surface area contributed by atoms with Gasteiger partial charge in [-0.1, -0.05) is 17.4 Å². The lowest BCUT2D eigenvalue weighted by molar-refractivity contribution is -0.136. The van der Waals surface area contributed by atoms with Crippen molar-refractivity contribution in [1.82, 2.24) is 20.0 Å². The summed E-state index contributed by atoms with van der Waals surface area (Å²) in [5.74, 6) is 0.0121. The number of carbonyl (C=O) groups excluding carboxylic acids is 2. The van der Waals surface area contributed by atoms with Gasteiger partial charge in [-0.25, -0.2) is 0 Å². The van der Waals surface area contributed by atoms with Crippen LogP contribution < -0.4 is 4.90 Å². The van der Waals surface area contributed by atoms with Crippen molar-refractivity contribution < 1.29 is 9.59 Å². The molecule has 2 aromatic heterocycles. The molecule has 2 aromatic rings. The molecule has 0 N–H and O–H groups in total. The van der Waals surface area contributed by atoms with Gasteiger partial charge >= 0.3 is 0 Å². The molecule has 0 radical (unpaired) electrons. The lowest BCUT2D eigenvalue weighted by Crippen LogP contribution is -2.50. The van der Waals surface area contributed by atoms with E-state index in [0.717, 1.165) is 28.1 Å². The largest absolute Gasteiger partial charge is 0.343 e. The molecule has 2 aliphatic heterocycles. The van der Waals surface area contributed by atoms with Crippen LogP contribution in [0.25, 0.3) is 9.88 Å². The van der Waals surface area contributed by atoms with Gasteiger partial charge in [0.1, 0.15) is 0 Å². The van der Waals surface area contributed by atoms with Crippen LogP contribution in [0, 0.1) is 5.92 Å². The summed E-state index contributed by atoms with van der Waals surface area (Å²) in [7, 11) is 0. The maximum absolute atomic E-state index is 12.8. The highest BCUT2D eigenvalue weighted by molar-refractivity contribution is 7.22. The SMILES string of the molecule is CC(C)N1CC(C(=O)N2CCN(c3nnc(-c4cccs4)s3)CC2)CC1=O. The summed E-state index contributed by atoms with van der Waals surface area (Å²) in [5.41, 5.74) is 0. The van der Waals surface area contributed by atoms with Gasteiger partial charge in [0, 0.05) is 45.2 Å². The maximum Gasteiger partial charge on any atom is 0.228 e. The van der Waals surface area contributed by atoms with E-state index in [2.05, 4.69) is 21.2 Å². The molecule has 4 heterocycles. The fraction of sp³-hybridized carbons (Fsp3) is 0.556. The third kappa shape index (κ3) is 3.70. The lowest BCUT2D eigenvalue weighted by atomic mass is 10.1. The monoisotopic (exact) mass is 405 g/mol. The summed E-state index contributed by atoms with van der Waals surface area (Å²) in [4.78, 5) is 31.9. The first-order valence-corrected chi connectivity index (χ1v) is 10.9. The van der Waals surface area contributed by atoms with Crippen LogP contribution in [0.5, 0.6) is 0 Å². The summed E-state index contributed by atoms with van der Waals surface area (Å²) in [6.07, 6.45) is 0.345. The molecule has 2 fully saturated rings. The number of amides is 2. The Morgan fingerprint density at radius 2 is 2.00 bits per heavy atom. The topological polar surface area (TPSA) is 69.6 Å². The highest BCUT2D eigenvalue weighted by Gasteiger charge is 2.38. The second-order valence-corrected chi connectivity index (χ2v) is 9.12. The number of likely N-dealkylation sites (tertiary alicyclic amines) is 1. The molecule has 9 heteroatoms. The van der Waals surface area contributed by atoms with Crippen LogP contribution in [0.4, 0.5) is 5.13 Å². The Morgan fingerprint density at radius 3 is 2.63 bits per heavy atom. The summed E-state index contributed by atoms with van der Waals surface area (Å²) in [5, 5.41) is 12.5. The van der Waals surface area contributed by atoms with Crippen molar-refractivity contribution in [2.24, 2.45) is 5.92 Å². The molecule has 1 unspecified atom stereocenters. The van der Waals surface area contributed by atoms with Crippen LogP contribution in [0.3, 0.4) is 0 Å². The Labute approximate surface area is 166 Å². The Hall–Kier alpha value is -2.00. The number of rotatable bonds is 4. The van der Waals surface area contributed by atoms with Gasteiger partial charge in [-0.2, -0.15) is 0 Å². The number of anilines is 1. The minimum absolute atomic E-state index is 0.0944. The molecule has 4 rings (SSSR count). The molecule has 27 heavy (non-hydrogen) atoms. The lowest BCUT2D eigenvalue weighted by Gasteiger charge is -2.35. The zero-order chi connectivity index (χ0) is 19.0. The van der Waals surface area contributed by atoms with E-state index < -0.39 is 0 Å². The molecular formula is C18H23N5O2S2. The van der Waals surface area contributed by atoms with Crippen LogP contribution in [0.1, 0.15) is 20.3 Å². The Kier molecular flexibility index (Phi) is 5.14. The van der Waals surface area contributed by atoms with E-state index in [1.165, 1.54) is 0 Å². The summed E-state index contributed by atoms with van der Waals surface area (Å²) in [6, 6.07) is 4.22. The molecule has 0 aliphatic carbocycles. The number of thiophene rings is 1. The Bertz CT molecular complexity index is 812. The van der Waals surface area contributed by atoms with E-state index in [0.29, 0.717) is 26.1 Å². The van der Waals surface area contributed by atoms with E-state index in [1.807, 2.05) is 35.1 Å². The van der Waals surface area contributed by atoms with E-state index in [4.69, 9.17) is 0 Å². The van der Waals surface area contributed by atoms with Gasteiger partial charge in [0.25, 0.3) is 0 Å². The molecule has 144 valence electrons. The van der Waals surface area contributed by atoms with Gasteiger partial charge in [-0.15, -0.1) is 21.5 Å². The van der Waals surface area contributed by atoms with Crippen molar-refractivity contribution >= 4 is 39.6 Å². The first-order chi connectivity index (χ1) is 13.0. The highest BCUT2D eigenvalue weighted by atomic mass is 32.1. The van der Waals surface area contributed by atoms with E-state index in [-0.39, 0.29) is 23.8 Å². The minimum atomic E-state index is -0.196. The minimum Gasteiger partial charge on any atom is -0.343 e. The number of carbonyl (C=O) groups is 2. The first kappa shape index (κ1) is 18.4. The summed E-state index contributed by atoms with van der Waals surface area (Å²) in [6.45, 7) is 7.37. The van der Waals surface area contributed by atoms with Crippen molar-refractivity contribution in [3.63, 3.8) is 0 Å². The van der Waals surface area contributed by atoms with E-state index in [9.17, 15) is 9.59 Å². The fourth-order valence-electron chi connectivity index (χ4n) is 3.62. The predicted molar refractivity (Wildman–Crippen MR) is 107 cm³/mol. The molecule has 2 saturated heterocycles. The molecule has 0 bridgehead atoms. The molecule has 0 aromatic carbocycles. The third-order valence-electron chi connectivity index (χ3n) is 5.14. The number of piperazine rings is 1. The van der Waals surface area contributed by atoms with Crippen LogP contribution in [-0.4, -0.2) is 70.6 Å². The van der Waals surface area contributed by atoms with Crippen molar-refractivity contribution in [2.45, 2.75) is 26.3 Å². The van der Waals surface area contributed by atoms with Crippen molar-refractivity contribution in [1.29, 1.82) is 0 Å². The zero-order valence-corrected chi connectivity index (χ0v) is 17.1. The molecule has 0 spiro atoms. The average Bonchev–Trinajstić information content (AvgIpc) is 3.41. The quantitative estimate of drug-likeness (QED) is 0.780. The molecule has 2 aliphatic rings. The van der Waals surface area contributed by atoms with E-state index >= 15 is 0 Å². The summed E-state index contributed by atoms with van der Waals surface area (Å²) >= 11 is 3.26. The third-order valence-corrected chi connectivity index (χ3v) is 7.16. The standard InChI is InChI=1S/C18H23N5O2S2/c1-12(2)23-11-13(10-15(23)24)17(25)21-5-7-22(8-6-21)18-20-19-16(27-18)14-4-3-9-26-14/h3-4,9,12-13H,5-8,10-11H2,1-2H3. The van der Waals surface area contributed by atoms with Crippen molar-refractivity contribution in [2.75, 3.05) is 37.6 Å². The summed E-state index contributed by atoms with van der Waals surface area (Å²) < 4.78 is 0. The van der Waals surface area contributed by atoms with E-state index in [1.54, 1.807) is 22.7 Å². The molecule has 7 nitrogen and oxygen atoms in total. The second-order valence-electron chi connectivity index (χ2n) is 7.22. The average molecular weight is 406 g/mol. The van der Waals surface area contributed by atoms with Gasteiger partial charge in [-0.05, 0) is 25.3 Å². The molecule has 1 atom stereocenters. The highest BCUT2D eigenvalue weighted by Crippen LogP contribution is 2.32. The second kappa shape index (κ2) is 7.55. The molecular weight excluding hydrogens is 382 g/mol. The normalized spacial score (nSPS) is 20.8. The number of nitrogens with zero attached hydrogens (tertiary/aromatic N) is 5. The van der Waals surface area contributed by atoms with Crippen LogP contribution in [-0.2, 0) is 9.59 Å². The smallest absolute Gasteiger partial charge is 0.228 e. The fourth-order valence-corrected chi connectivity index (χ4v) is 5.30. The van der Waals surface area contributed by atoms with Crippen LogP contribution >= 0.6 is 22.7 Å². The van der Waals surface area contributed by atoms with Gasteiger partial charge in [-0.3, -0.25) is 9.59 Å². The molecule has 2 amide bonds. The number of hydrogen-bond acceptors (Lipinski definition) is 7. The van der Waals surface area contributed by atoms with Gasteiger partial charge in [0.2, 0.25) is 16.9 Å². The Balaban J connectivity index is 1.34. The van der Waals surface area contributed by atoms with Gasteiger partial charge in [0.05, 0.1) is 10.8 Å². The first-order valence-electron chi connectivity index (χ1n) is 9.23. The zero-order valence-electron chi connectivity index (χ0n) is 15.5. The number of hydrogen-bond donors (Lipinski definition) is 0. The van der Waals surface area contributed by atoms with Crippen molar-refractivity contribution in [3.05, 3.63) is 17.5 Å². The van der Waals surface area contributed by atoms with Crippen molar-refractivity contribution in [3.8, 4) is 9.88 Å². The van der Waals surface area contributed by atoms with Crippen LogP contribution in [0.15, 0.2) is 17.5 Å². The molecule has 0 saturated carbocycles. The van der Waals surface area contributed by atoms with Gasteiger partial charge < -0.3 is 14.7 Å².